The number of hydrogen-bond donors (Lipinski definition) is 3. The molecule has 0 saturated heterocycles. The van der Waals surface area contributed by atoms with Gasteiger partial charge >= 0.3 is 39.5 Å². The minimum absolute atomic E-state index is 0.105. The fourth-order valence-electron chi connectivity index (χ4n) is 9.23. The van der Waals surface area contributed by atoms with Gasteiger partial charge in [0.05, 0.1) is 26.4 Å². The lowest BCUT2D eigenvalue weighted by atomic mass is 10.0. The molecule has 2 unspecified atom stereocenters. The van der Waals surface area contributed by atoms with E-state index in [1.54, 1.807) is 0 Å². The fraction of sp³-hybridized carbons (Fsp3) is 0.935. The molecule has 0 aliphatic carbocycles. The van der Waals surface area contributed by atoms with Gasteiger partial charge in [-0.1, -0.05) is 259 Å². The third-order valence-corrected chi connectivity index (χ3v) is 16.2. The van der Waals surface area contributed by atoms with Gasteiger partial charge in [-0.15, -0.1) is 0 Å². The van der Waals surface area contributed by atoms with Crippen molar-refractivity contribution < 1.29 is 80.2 Å². The van der Waals surface area contributed by atoms with Gasteiger partial charge in [-0.2, -0.15) is 0 Å². The molecular formula is C62H120O17P2. The second-order valence-electron chi connectivity index (χ2n) is 22.9. The van der Waals surface area contributed by atoms with Crippen LogP contribution in [0.25, 0.3) is 0 Å². The number of aliphatic hydroxyl groups is 1. The molecule has 0 aromatic rings. The van der Waals surface area contributed by atoms with Gasteiger partial charge in [0.15, 0.2) is 12.2 Å². The summed E-state index contributed by atoms with van der Waals surface area (Å²) < 4.78 is 67.7. The molecule has 0 radical (unpaired) electrons. The van der Waals surface area contributed by atoms with Crippen LogP contribution in [-0.2, 0) is 65.4 Å². The lowest BCUT2D eigenvalue weighted by Gasteiger charge is -2.21. The predicted molar refractivity (Wildman–Crippen MR) is 322 cm³/mol. The van der Waals surface area contributed by atoms with Gasteiger partial charge in [0, 0.05) is 25.7 Å². The van der Waals surface area contributed by atoms with Crippen LogP contribution in [0.5, 0.6) is 0 Å². The number of carbonyl (C=O) groups is 4. The third-order valence-electron chi connectivity index (χ3n) is 14.3. The molecule has 19 heteroatoms. The minimum atomic E-state index is -4.94. The summed E-state index contributed by atoms with van der Waals surface area (Å²) in [7, 11) is -9.87. The topological polar surface area (TPSA) is 237 Å². The van der Waals surface area contributed by atoms with Gasteiger partial charge in [0.2, 0.25) is 0 Å². The van der Waals surface area contributed by atoms with E-state index in [1.165, 1.54) is 116 Å². The first-order valence-electron chi connectivity index (χ1n) is 32.6. The molecule has 0 aromatic heterocycles. The molecule has 0 aromatic carbocycles. The SMILES string of the molecule is CCCCCCCCCCCC(=O)OC[C@H](COP(=O)(O)OC[C@@H](O)COP(=O)(O)OC[C@@H](COC(=O)CCCCCCCCC)OC(=O)CCCCCCCCCC)OC(=O)CCCCCCCCCCCCCCCCC(C)C. The van der Waals surface area contributed by atoms with Gasteiger partial charge in [-0.25, -0.2) is 9.13 Å². The van der Waals surface area contributed by atoms with Crippen molar-refractivity contribution in [1.29, 1.82) is 0 Å². The lowest BCUT2D eigenvalue weighted by molar-refractivity contribution is -0.161. The molecule has 0 heterocycles. The molecule has 17 nitrogen and oxygen atoms in total. The van der Waals surface area contributed by atoms with Crippen LogP contribution < -0.4 is 0 Å². The Balaban J connectivity index is 5.15. The van der Waals surface area contributed by atoms with Crippen molar-refractivity contribution in [3.05, 3.63) is 0 Å². The average molecular weight is 1200 g/mol. The van der Waals surface area contributed by atoms with E-state index in [-0.39, 0.29) is 25.7 Å². The number of rotatable bonds is 62. The maximum absolute atomic E-state index is 12.9. The summed E-state index contributed by atoms with van der Waals surface area (Å²) in [5, 5.41) is 10.5. The van der Waals surface area contributed by atoms with Crippen LogP contribution >= 0.6 is 15.6 Å². The van der Waals surface area contributed by atoms with Gasteiger partial charge in [-0.05, 0) is 31.6 Å². The van der Waals surface area contributed by atoms with Crippen LogP contribution in [0.1, 0.15) is 311 Å². The molecule has 5 atom stereocenters. The number of phosphoric acid groups is 2. The molecule has 0 aliphatic rings. The van der Waals surface area contributed by atoms with Gasteiger partial charge in [-0.3, -0.25) is 37.3 Å². The Kier molecular flexibility index (Phi) is 54.6. The third kappa shape index (κ3) is 56.9. The second kappa shape index (κ2) is 55.9. The molecule has 0 spiro atoms. The van der Waals surface area contributed by atoms with E-state index in [0.29, 0.717) is 25.7 Å². The summed E-state index contributed by atoms with van der Waals surface area (Å²) in [6.07, 6.45) is 39.1. The molecule has 480 valence electrons. The van der Waals surface area contributed by atoms with Crippen LogP contribution in [0.15, 0.2) is 0 Å². The highest BCUT2D eigenvalue weighted by molar-refractivity contribution is 7.47. The van der Waals surface area contributed by atoms with Crippen LogP contribution in [0.2, 0.25) is 0 Å². The summed E-state index contributed by atoms with van der Waals surface area (Å²) in [6.45, 7) is 7.12. The highest BCUT2D eigenvalue weighted by Gasteiger charge is 2.30. The zero-order chi connectivity index (χ0) is 59.9. The number of ether oxygens (including phenoxy) is 4. The van der Waals surface area contributed by atoms with Crippen molar-refractivity contribution in [3.63, 3.8) is 0 Å². The number of phosphoric ester groups is 2. The standard InChI is InChI=1S/C62H120O17P2/c1-6-9-12-15-18-26-32-36-41-46-60(65)73-52-58(79-62(67)48-43-38-33-28-25-23-21-20-22-24-27-30-34-39-44-55(4)5)54-77-81(70,71)75-50-56(63)49-74-80(68,69)76-53-57(51-72-59(64)45-40-35-29-17-14-11-8-3)78-61(66)47-42-37-31-19-16-13-10-7-2/h55-58,63H,6-54H2,1-5H3,(H,68,69)(H,70,71)/t56-,57+,58+/m0/s1. The van der Waals surface area contributed by atoms with Crippen LogP contribution in [0, 0.1) is 5.92 Å². The smallest absolute Gasteiger partial charge is 0.462 e. The van der Waals surface area contributed by atoms with E-state index < -0.39 is 97.5 Å². The predicted octanol–water partition coefficient (Wildman–Crippen LogP) is 17.0. The first-order valence-corrected chi connectivity index (χ1v) is 35.6. The van der Waals surface area contributed by atoms with Gasteiger partial charge in [0.25, 0.3) is 0 Å². The molecule has 0 rings (SSSR count). The number of unbranched alkanes of at least 4 members (excludes halogenated alkanes) is 34. The van der Waals surface area contributed by atoms with Crippen molar-refractivity contribution in [3.8, 4) is 0 Å². The quantitative estimate of drug-likeness (QED) is 0.0222. The molecule has 0 fully saturated rings. The van der Waals surface area contributed by atoms with E-state index in [2.05, 4.69) is 34.6 Å². The van der Waals surface area contributed by atoms with E-state index in [1.807, 2.05) is 0 Å². The number of carbonyl (C=O) groups excluding carboxylic acids is 4. The molecule has 0 amide bonds. The summed E-state index contributed by atoms with van der Waals surface area (Å²) in [5.74, 6) is -1.35. The highest BCUT2D eigenvalue weighted by Crippen LogP contribution is 2.45. The van der Waals surface area contributed by atoms with Crippen molar-refractivity contribution in [1.82, 2.24) is 0 Å². The largest absolute Gasteiger partial charge is 0.472 e. The van der Waals surface area contributed by atoms with E-state index in [0.717, 1.165) is 115 Å². The fourth-order valence-corrected chi connectivity index (χ4v) is 10.8. The maximum atomic E-state index is 12.9. The Morgan fingerprint density at radius 2 is 0.568 bits per heavy atom. The molecule has 0 aliphatic heterocycles. The zero-order valence-corrected chi connectivity index (χ0v) is 53.7. The Hall–Kier alpha value is -1.94. The lowest BCUT2D eigenvalue weighted by Crippen LogP contribution is -2.30. The Labute approximate surface area is 492 Å². The summed E-state index contributed by atoms with van der Waals surface area (Å²) in [4.78, 5) is 71.9. The number of hydrogen-bond acceptors (Lipinski definition) is 15. The number of aliphatic hydroxyl groups excluding tert-OH is 1. The average Bonchev–Trinajstić information content (AvgIpc) is 3.43. The Morgan fingerprint density at radius 1 is 0.333 bits per heavy atom. The maximum Gasteiger partial charge on any atom is 0.472 e. The normalized spacial score (nSPS) is 14.3. The summed E-state index contributed by atoms with van der Waals surface area (Å²) in [6, 6.07) is 0. The first kappa shape index (κ1) is 79.1. The van der Waals surface area contributed by atoms with Crippen molar-refractivity contribution in [2.24, 2.45) is 5.92 Å². The van der Waals surface area contributed by atoms with Crippen LogP contribution in [0.4, 0.5) is 0 Å². The molecule has 81 heavy (non-hydrogen) atoms. The molecular weight excluding hydrogens is 1080 g/mol. The van der Waals surface area contributed by atoms with Gasteiger partial charge < -0.3 is 33.8 Å². The van der Waals surface area contributed by atoms with E-state index in [4.69, 9.17) is 37.0 Å². The van der Waals surface area contributed by atoms with Crippen molar-refractivity contribution >= 4 is 39.5 Å². The summed E-state index contributed by atoms with van der Waals surface area (Å²) >= 11 is 0. The zero-order valence-electron chi connectivity index (χ0n) is 51.9. The second-order valence-corrected chi connectivity index (χ2v) is 25.8. The molecule has 0 saturated carbocycles. The van der Waals surface area contributed by atoms with Gasteiger partial charge in [0.1, 0.15) is 19.3 Å². The number of esters is 4. The highest BCUT2D eigenvalue weighted by atomic mass is 31.2. The monoisotopic (exact) mass is 1200 g/mol. The van der Waals surface area contributed by atoms with E-state index in [9.17, 15) is 43.2 Å². The Bertz CT molecular complexity index is 1580. The van der Waals surface area contributed by atoms with Crippen molar-refractivity contribution in [2.45, 2.75) is 329 Å². The minimum Gasteiger partial charge on any atom is -0.462 e. The van der Waals surface area contributed by atoms with E-state index >= 15 is 0 Å². The van der Waals surface area contributed by atoms with Crippen LogP contribution in [-0.4, -0.2) is 96.7 Å². The summed E-state index contributed by atoms with van der Waals surface area (Å²) in [5.41, 5.74) is 0. The first-order chi connectivity index (χ1) is 39.0. The Morgan fingerprint density at radius 3 is 0.840 bits per heavy atom. The molecule has 3 N–H and O–H groups in total. The molecule has 0 bridgehead atoms. The van der Waals surface area contributed by atoms with Crippen molar-refractivity contribution in [2.75, 3.05) is 39.6 Å². The van der Waals surface area contributed by atoms with Crippen LogP contribution in [0.3, 0.4) is 0 Å².